The van der Waals surface area contributed by atoms with E-state index in [0.29, 0.717) is 6.42 Å². The van der Waals surface area contributed by atoms with Gasteiger partial charge < -0.3 is 0 Å². The molecule has 0 bridgehead atoms. The molecule has 0 amide bonds. The number of hydrogen-bond acceptors (Lipinski definition) is 0. The number of alkyl halides is 2. The van der Waals surface area contributed by atoms with E-state index in [-0.39, 0.29) is 18.8 Å². The van der Waals surface area contributed by atoms with Crippen LogP contribution in [-0.2, 0) is 0 Å². The molecule has 0 nitrogen and oxygen atoms in total. The van der Waals surface area contributed by atoms with Crippen LogP contribution in [-0.4, -0.2) is 5.92 Å². The van der Waals surface area contributed by atoms with E-state index in [1.54, 1.807) is 0 Å². The molecule has 0 aliphatic heterocycles. The predicted octanol–water partition coefficient (Wildman–Crippen LogP) is 3.90. The molecule has 1 fully saturated rings. The smallest absolute Gasteiger partial charge is 0.207 e. The van der Waals surface area contributed by atoms with Crippen molar-refractivity contribution < 1.29 is 8.78 Å². The summed E-state index contributed by atoms with van der Waals surface area (Å²) < 4.78 is 26.0. The minimum absolute atomic E-state index is 0.0243. The van der Waals surface area contributed by atoms with Gasteiger partial charge in [0.2, 0.25) is 5.92 Å². The molecule has 1 unspecified atom stereocenters. The number of hydrogen-bond donors (Lipinski definition) is 0. The zero-order chi connectivity index (χ0) is 10.2. The van der Waals surface area contributed by atoms with Gasteiger partial charge >= 0.3 is 0 Å². The van der Waals surface area contributed by atoms with E-state index in [1.165, 1.54) is 0 Å². The highest BCUT2D eigenvalue weighted by atomic mass is 19.3. The van der Waals surface area contributed by atoms with Gasteiger partial charge in [0.1, 0.15) is 0 Å². The van der Waals surface area contributed by atoms with Crippen molar-refractivity contribution in [1.29, 1.82) is 0 Å². The molecule has 1 aromatic carbocycles. The second kappa shape index (κ2) is 3.34. The molecule has 0 spiro atoms. The quantitative estimate of drug-likeness (QED) is 0.639. The third-order valence-corrected chi connectivity index (χ3v) is 2.92. The van der Waals surface area contributed by atoms with Gasteiger partial charge in [-0.15, -0.1) is 0 Å². The second-order valence-electron chi connectivity index (χ2n) is 4.21. The highest BCUT2D eigenvalue weighted by Gasteiger charge is 2.39. The van der Waals surface area contributed by atoms with Gasteiger partial charge in [0.15, 0.2) is 0 Å². The molecule has 76 valence electrons. The fourth-order valence-corrected chi connectivity index (χ4v) is 2.16. The molecule has 0 heterocycles. The molecule has 0 N–H and O–H groups in total. The van der Waals surface area contributed by atoms with E-state index >= 15 is 0 Å². The van der Waals surface area contributed by atoms with Gasteiger partial charge in [-0.1, -0.05) is 29.8 Å². The highest BCUT2D eigenvalue weighted by molar-refractivity contribution is 5.26. The molecular formula is C12H14F2. The Morgan fingerprint density at radius 3 is 2.71 bits per heavy atom. The number of aryl methyl sites for hydroxylation is 1. The van der Waals surface area contributed by atoms with Gasteiger partial charge in [-0.05, 0) is 24.8 Å². The minimum atomic E-state index is -2.44. The van der Waals surface area contributed by atoms with Crippen molar-refractivity contribution in [3.8, 4) is 0 Å². The highest BCUT2D eigenvalue weighted by Crippen LogP contribution is 2.44. The molecular weight excluding hydrogens is 182 g/mol. The Balaban J connectivity index is 2.17. The van der Waals surface area contributed by atoms with Crippen molar-refractivity contribution in [2.75, 3.05) is 0 Å². The van der Waals surface area contributed by atoms with Gasteiger partial charge in [0, 0.05) is 12.8 Å². The Kier molecular flexibility index (Phi) is 2.30. The lowest BCUT2D eigenvalue weighted by atomic mass is 9.96. The van der Waals surface area contributed by atoms with Crippen LogP contribution < -0.4 is 0 Å². The van der Waals surface area contributed by atoms with Crippen LogP contribution in [0, 0.1) is 6.92 Å². The summed E-state index contributed by atoms with van der Waals surface area (Å²) in [7, 11) is 0. The van der Waals surface area contributed by atoms with E-state index in [0.717, 1.165) is 11.1 Å². The van der Waals surface area contributed by atoms with Gasteiger partial charge in [-0.3, -0.25) is 0 Å². The van der Waals surface area contributed by atoms with Crippen LogP contribution in [0.2, 0.25) is 0 Å². The molecule has 14 heavy (non-hydrogen) atoms. The molecule has 0 aromatic heterocycles. The molecule has 1 aliphatic rings. The lowest BCUT2D eigenvalue weighted by Gasteiger charge is -2.11. The first-order chi connectivity index (χ1) is 6.57. The Labute approximate surface area is 82.9 Å². The van der Waals surface area contributed by atoms with Crippen LogP contribution in [0.4, 0.5) is 8.78 Å². The Morgan fingerprint density at radius 2 is 2.14 bits per heavy atom. The van der Waals surface area contributed by atoms with Crippen molar-refractivity contribution in [3.63, 3.8) is 0 Å². The first kappa shape index (κ1) is 9.63. The zero-order valence-electron chi connectivity index (χ0n) is 8.26. The summed E-state index contributed by atoms with van der Waals surface area (Å²) in [5, 5.41) is 0. The van der Waals surface area contributed by atoms with Crippen molar-refractivity contribution in [2.24, 2.45) is 0 Å². The van der Waals surface area contributed by atoms with E-state index < -0.39 is 5.92 Å². The summed E-state index contributed by atoms with van der Waals surface area (Å²) in [5.74, 6) is -2.38. The number of benzene rings is 1. The Morgan fingerprint density at radius 1 is 1.36 bits per heavy atom. The van der Waals surface area contributed by atoms with Crippen LogP contribution >= 0.6 is 0 Å². The van der Waals surface area contributed by atoms with Gasteiger partial charge in [-0.25, -0.2) is 8.78 Å². The van der Waals surface area contributed by atoms with Crippen LogP contribution in [0.25, 0.3) is 0 Å². The largest absolute Gasteiger partial charge is 0.248 e. The van der Waals surface area contributed by atoms with Gasteiger partial charge in [0.05, 0.1) is 0 Å². The lowest BCUT2D eigenvalue weighted by molar-refractivity contribution is 0.00776. The maximum atomic E-state index is 13.0. The van der Waals surface area contributed by atoms with E-state index in [4.69, 9.17) is 0 Å². The number of halogens is 2. The molecule has 1 aromatic rings. The minimum Gasteiger partial charge on any atom is -0.207 e. The maximum Gasteiger partial charge on any atom is 0.248 e. The number of rotatable bonds is 1. The molecule has 1 atom stereocenters. The van der Waals surface area contributed by atoms with Crippen molar-refractivity contribution in [2.45, 2.75) is 38.0 Å². The third-order valence-electron chi connectivity index (χ3n) is 2.92. The van der Waals surface area contributed by atoms with Crippen LogP contribution in [0.3, 0.4) is 0 Å². The van der Waals surface area contributed by atoms with Crippen molar-refractivity contribution >= 4 is 0 Å². The molecule has 0 saturated heterocycles. The van der Waals surface area contributed by atoms with E-state index in [2.05, 4.69) is 0 Å². The summed E-state index contributed by atoms with van der Waals surface area (Å²) in [4.78, 5) is 0. The summed E-state index contributed by atoms with van der Waals surface area (Å²) in [5.41, 5.74) is 2.22. The van der Waals surface area contributed by atoms with E-state index in [1.807, 2.05) is 31.2 Å². The zero-order valence-corrected chi connectivity index (χ0v) is 8.26. The Hall–Kier alpha value is -0.920. The van der Waals surface area contributed by atoms with Gasteiger partial charge in [-0.2, -0.15) is 0 Å². The normalized spacial score (nSPS) is 25.2. The van der Waals surface area contributed by atoms with Crippen LogP contribution in [0.5, 0.6) is 0 Å². The molecule has 2 rings (SSSR count). The Bertz CT molecular complexity index is 331. The summed E-state index contributed by atoms with van der Waals surface area (Å²) in [6.07, 6.45) is 0.693. The third kappa shape index (κ3) is 1.94. The topological polar surface area (TPSA) is 0 Å². The fraction of sp³-hybridized carbons (Fsp3) is 0.500. The average Bonchev–Trinajstić information content (AvgIpc) is 2.46. The molecule has 1 aliphatic carbocycles. The SMILES string of the molecule is Cc1cccc(C2CCC(F)(F)C2)c1. The standard InChI is InChI=1S/C12H14F2/c1-9-3-2-4-10(7-9)11-5-6-12(13,14)8-11/h2-4,7,11H,5-6,8H2,1H3. The van der Waals surface area contributed by atoms with Crippen LogP contribution in [0.15, 0.2) is 24.3 Å². The maximum absolute atomic E-state index is 13.0. The molecule has 1 saturated carbocycles. The monoisotopic (exact) mass is 196 g/mol. The van der Waals surface area contributed by atoms with Crippen molar-refractivity contribution in [3.05, 3.63) is 35.4 Å². The molecule has 0 radical (unpaired) electrons. The second-order valence-corrected chi connectivity index (χ2v) is 4.21. The first-order valence-electron chi connectivity index (χ1n) is 5.01. The van der Waals surface area contributed by atoms with Crippen LogP contribution in [0.1, 0.15) is 36.3 Å². The van der Waals surface area contributed by atoms with E-state index in [9.17, 15) is 8.78 Å². The summed E-state index contributed by atoms with van der Waals surface area (Å²) in [6.45, 7) is 2.00. The average molecular weight is 196 g/mol. The fourth-order valence-electron chi connectivity index (χ4n) is 2.16. The van der Waals surface area contributed by atoms with Gasteiger partial charge in [0.25, 0.3) is 0 Å². The summed E-state index contributed by atoms with van der Waals surface area (Å²) >= 11 is 0. The van der Waals surface area contributed by atoms with Crippen molar-refractivity contribution in [1.82, 2.24) is 0 Å². The summed E-state index contributed by atoms with van der Waals surface area (Å²) in [6, 6.07) is 7.92. The predicted molar refractivity (Wildman–Crippen MR) is 52.7 cm³/mol. The lowest BCUT2D eigenvalue weighted by Crippen LogP contribution is -2.09. The first-order valence-corrected chi connectivity index (χ1v) is 5.01. The molecule has 2 heteroatoms.